The number of carbonyl (C=O) groups is 2. The lowest BCUT2D eigenvalue weighted by Gasteiger charge is -2.39. The number of aromatic nitrogens is 2. The van der Waals surface area contributed by atoms with Crippen molar-refractivity contribution in [2.75, 3.05) is 26.8 Å². The molecule has 1 unspecified atom stereocenters. The van der Waals surface area contributed by atoms with Crippen LogP contribution in [0.1, 0.15) is 23.2 Å². The van der Waals surface area contributed by atoms with E-state index in [1.807, 2.05) is 0 Å². The van der Waals surface area contributed by atoms with Gasteiger partial charge in [0.15, 0.2) is 0 Å². The van der Waals surface area contributed by atoms with Crippen molar-refractivity contribution >= 4 is 17.6 Å². The molecule has 0 saturated carbocycles. The summed E-state index contributed by atoms with van der Waals surface area (Å²) in [5.41, 5.74) is -0.264. The van der Waals surface area contributed by atoms with Gasteiger partial charge in [0, 0.05) is 38.5 Å². The molecule has 3 rings (SSSR count). The van der Waals surface area contributed by atoms with Gasteiger partial charge in [-0.2, -0.15) is 5.10 Å². The number of carboxylic acid groups (broad SMARTS) is 1. The molecule has 1 aliphatic heterocycles. The fourth-order valence-electron chi connectivity index (χ4n) is 3.42. The van der Waals surface area contributed by atoms with E-state index in [-0.39, 0.29) is 24.7 Å². The van der Waals surface area contributed by atoms with E-state index in [0.29, 0.717) is 30.6 Å². The highest BCUT2D eigenvalue weighted by Gasteiger charge is 2.44. The summed E-state index contributed by atoms with van der Waals surface area (Å²) in [5, 5.41) is 24.5. The summed E-state index contributed by atoms with van der Waals surface area (Å²) in [5.74, 6) is -1.29. The molecule has 2 heterocycles. The zero-order valence-electron chi connectivity index (χ0n) is 15.3. The maximum absolute atomic E-state index is 12.9. The molecule has 0 bridgehead atoms. The number of likely N-dealkylation sites (tertiary alicyclic amines) is 1. The van der Waals surface area contributed by atoms with Crippen LogP contribution in [0.5, 0.6) is 0 Å². The smallest absolute Gasteiger partial charge is 0.313 e. The Balaban J connectivity index is 1.78. The Morgan fingerprint density at radius 2 is 2.07 bits per heavy atom. The monoisotopic (exact) mass is 388 g/mol. The van der Waals surface area contributed by atoms with Gasteiger partial charge >= 0.3 is 5.97 Å². The number of rotatable bonds is 6. The van der Waals surface area contributed by atoms with Gasteiger partial charge < -0.3 is 14.7 Å². The molecule has 1 fully saturated rings. The zero-order valence-corrected chi connectivity index (χ0v) is 15.3. The van der Waals surface area contributed by atoms with Crippen LogP contribution in [-0.4, -0.2) is 63.4 Å². The molecule has 0 aliphatic carbocycles. The van der Waals surface area contributed by atoms with Gasteiger partial charge in [-0.05, 0) is 25.0 Å². The second-order valence-electron chi connectivity index (χ2n) is 6.80. The van der Waals surface area contributed by atoms with Gasteiger partial charge in [-0.1, -0.05) is 0 Å². The molecule has 28 heavy (non-hydrogen) atoms. The lowest BCUT2D eigenvalue weighted by Crippen LogP contribution is -2.52. The Labute approximate surface area is 160 Å². The van der Waals surface area contributed by atoms with Gasteiger partial charge in [0.1, 0.15) is 5.41 Å². The highest BCUT2D eigenvalue weighted by molar-refractivity contribution is 5.94. The van der Waals surface area contributed by atoms with Crippen molar-refractivity contribution in [3.05, 3.63) is 52.3 Å². The first kappa shape index (κ1) is 19.5. The van der Waals surface area contributed by atoms with Gasteiger partial charge in [-0.25, -0.2) is 4.68 Å². The quantitative estimate of drug-likeness (QED) is 0.589. The Bertz CT molecular complexity index is 890. The second-order valence-corrected chi connectivity index (χ2v) is 6.80. The minimum Gasteiger partial charge on any atom is -0.481 e. The predicted molar refractivity (Wildman–Crippen MR) is 97.3 cm³/mol. The first-order valence-corrected chi connectivity index (χ1v) is 8.67. The van der Waals surface area contributed by atoms with Crippen LogP contribution < -0.4 is 0 Å². The fourth-order valence-corrected chi connectivity index (χ4v) is 3.42. The number of benzene rings is 1. The maximum Gasteiger partial charge on any atom is 0.313 e. The fraction of sp³-hybridized carbons (Fsp3) is 0.389. The predicted octanol–water partition coefficient (Wildman–Crippen LogP) is 1.73. The summed E-state index contributed by atoms with van der Waals surface area (Å²) in [6, 6.07) is 5.78. The number of non-ortho nitro benzene ring substituents is 1. The third-order valence-corrected chi connectivity index (χ3v) is 4.89. The highest BCUT2D eigenvalue weighted by atomic mass is 16.6. The van der Waals surface area contributed by atoms with Gasteiger partial charge in [0.2, 0.25) is 0 Å². The lowest BCUT2D eigenvalue weighted by atomic mass is 9.80. The normalized spacial score (nSPS) is 19.4. The Morgan fingerprint density at radius 1 is 1.36 bits per heavy atom. The molecule has 1 aromatic heterocycles. The molecular weight excluding hydrogens is 368 g/mol. The molecule has 1 saturated heterocycles. The summed E-state index contributed by atoms with van der Waals surface area (Å²) in [7, 11) is 1.44. The van der Waals surface area contributed by atoms with Crippen LogP contribution in [0.25, 0.3) is 5.69 Å². The van der Waals surface area contributed by atoms with Crippen LogP contribution >= 0.6 is 0 Å². The van der Waals surface area contributed by atoms with E-state index in [9.17, 15) is 24.8 Å². The van der Waals surface area contributed by atoms with Crippen LogP contribution in [0.4, 0.5) is 5.69 Å². The lowest BCUT2D eigenvalue weighted by molar-refractivity contribution is -0.384. The van der Waals surface area contributed by atoms with Crippen molar-refractivity contribution in [2.45, 2.75) is 12.8 Å². The molecule has 148 valence electrons. The summed E-state index contributed by atoms with van der Waals surface area (Å²) in [4.78, 5) is 36.4. The number of aliphatic carboxylic acids is 1. The van der Waals surface area contributed by atoms with Gasteiger partial charge in [0.05, 0.1) is 29.0 Å². The van der Waals surface area contributed by atoms with Crippen LogP contribution in [-0.2, 0) is 9.53 Å². The Kier molecular flexibility index (Phi) is 5.41. The van der Waals surface area contributed by atoms with Crippen molar-refractivity contribution in [3.8, 4) is 5.69 Å². The average Bonchev–Trinajstić information content (AvgIpc) is 3.18. The first-order valence-electron chi connectivity index (χ1n) is 8.67. The summed E-state index contributed by atoms with van der Waals surface area (Å²) >= 11 is 0. The first-order chi connectivity index (χ1) is 13.4. The number of carboxylic acids is 1. The number of carbonyl (C=O) groups excluding carboxylic acids is 1. The standard InChI is InChI=1S/C18H20N4O6/c1-28-12-18(17(24)25)7-2-8-20(11-18)16(23)13-9-19-21(10-13)14-3-5-15(6-4-14)22(26)27/h3-6,9-10H,2,7-8,11-12H2,1H3,(H,24,25). The number of hydrogen-bond donors (Lipinski definition) is 1. The number of amides is 1. The Morgan fingerprint density at radius 3 is 2.68 bits per heavy atom. The molecule has 1 aliphatic rings. The maximum atomic E-state index is 12.9. The number of methoxy groups -OCH3 is 1. The van der Waals surface area contributed by atoms with E-state index in [1.54, 1.807) is 0 Å². The molecule has 2 aromatic rings. The molecule has 1 N–H and O–H groups in total. The van der Waals surface area contributed by atoms with Crippen molar-refractivity contribution < 1.29 is 24.4 Å². The molecule has 1 aromatic carbocycles. The number of hydrogen-bond acceptors (Lipinski definition) is 6. The second kappa shape index (κ2) is 7.77. The SMILES string of the molecule is COCC1(C(=O)O)CCCN(C(=O)c2cnn(-c3ccc([N+](=O)[O-])cc3)c2)C1. The van der Waals surface area contributed by atoms with Crippen molar-refractivity contribution in [2.24, 2.45) is 5.41 Å². The molecule has 1 atom stereocenters. The molecule has 0 spiro atoms. The molecule has 10 heteroatoms. The Hall–Kier alpha value is -3.27. The van der Waals surface area contributed by atoms with Crippen molar-refractivity contribution in [1.82, 2.24) is 14.7 Å². The third kappa shape index (κ3) is 3.72. The molecule has 10 nitrogen and oxygen atoms in total. The third-order valence-electron chi connectivity index (χ3n) is 4.89. The number of ether oxygens (including phenoxy) is 1. The number of nitrogens with zero attached hydrogens (tertiary/aromatic N) is 4. The van der Waals surface area contributed by atoms with Crippen molar-refractivity contribution in [3.63, 3.8) is 0 Å². The average molecular weight is 388 g/mol. The van der Waals surface area contributed by atoms with E-state index in [0.717, 1.165) is 0 Å². The minimum absolute atomic E-state index is 0.0359. The largest absolute Gasteiger partial charge is 0.481 e. The van der Waals surface area contributed by atoms with Crippen LogP contribution in [0.3, 0.4) is 0 Å². The van der Waals surface area contributed by atoms with Gasteiger partial charge in [-0.15, -0.1) is 0 Å². The van der Waals surface area contributed by atoms with Crippen LogP contribution in [0, 0.1) is 15.5 Å². The van der Waals surface area contributed by atoms with Crippen molar-refractivity contribution in [1.29, 1.82) is 0 Å². The van der Waals surface area contributed by atoms with Gasteiger partial charge in [0.25, 0.3) is 11.6 Å². The van der Waals surface area contributed by atoms with E-state index >= 15 is 0 Å². The van der Waals surface area contributed by atoms with Gasteiger partial charge in [-0.3, -0.25) is 19.7 Å². The van der Waals surface area contributed by atoms with E-state index in [1.165, 1.54) is 53.4 Å². The summed E-state index contributed by atoms with van der Waals surface area (Å²) < 4.78 is 6.53. The summed E-state index contributed by atoms with van der Waals surface area (Å²) in [6.45, 7) is 0.562. The van der Waals surface area contributed by atoms with E-state index in [4.69, 9.17) is 4.74 Å². The molecule has 1 amide bonds. The number of nitro groups is 1. The number of nitro benzene ring substituents is 1. The van der Waals surface area contributed by atoms with Crippen LogP contribution in [0.15, 0.2) is 36.7 Å². The van der Waals surface area contributed by atoms with E-state index in [2.05, 4.69) is 5.10 Å². The summed E-state index contributed by atoms with van der Waals surface area (Å²) in [6.07, 6.45) is 3.94. The van der Waals surface area contributed by atoms with Crippen LogP contribution in [0.2, 0.25) is 0 Å². The minimum atomic E-state index is -1.11. The number of piperidine rings is 1. The molecule has 0 radical (unpaired) electrons. The topological polar surface area (TPSA) is 128 Å². The van der Waals surface area contributed by atoms with E-state index < -0.39 is 16.3 Å². The zero-order chi connectivity index (χ0) is 20.3. The highest BCUT2D eigenvalue weighted by Crippen LogP contribution is 2.31. The molecular formula is C18H20N4O6.